The number of likely N-dealkylation sites (tertiary alicyclic amines) is 1. The second-order valence-corrected chi connectivity index (χ2v) is 6.44. The first-order valence-electron chi connectivity index (χ1n) is 6.41. The molecule has 1 aliphatic rings. The molecule has 1 amide bonds. The first-order valence-corrected chi connectivity index (χ1v) is 7.20. The minimum atomic E-state index is -0.656. The van der Waals surface area contributed by atoms with E-state index in [0.29, 0.717) is 19.4 Å². The van der Waals surface area contributed by atoms with Gasteiger partial charge in [0.2, 0.25) is 5.91 Å². The monoisotopic (exact) mass is 323 g/mol. The summed E-state index contributed by atoms with van der Waals surface area (Å²) in [5.41, 5.74) is 1.45. The third-order valence-corrected chi connectivity index (χ3v) is 4.37. The van der Waals surface area contributed by atoms with Gasteiger partial charge >= 0.3 is 0 Å². The highest BCUT2D eigenvalue weighted by atomic mass is 79.9. The van der Waals surface area contributed by atoms with Crippen LogP contribution in [0.4, 0.5) is 0 Å². The molecule has 0 aliphatic carbocycles. The van der Waals surface area contributed by atoms with E-state index >= 15 is 0 Å². The second kappa shape index (κ2) is 5.08. The van der Waals surface area contributed by atoms with E-state index in [4.69, 9.17) is 0 Å². The molecule has 0 N–H and O–H groups in total. The zero-order chi connectivity index (χ0) is 14.2. The van der Waals surface area contributed by atoms with Gasteiger partial charge in [0.25, 0.3) is 0 Å². The van der Waals surface area contributed by atoms with Gasteiger partial charge in [0, 0.05) is 17.4 Å². The molecule has 19 heavy (non-hydrogen) atoms. The quantitative estimate of drug-likeness (QED) is 0.839. The minimum absolute atomic E-state index is 0.0250. The lowest BCUT2D eigenvalue weighted by molar-refractivity contribution is -0.138. The van der Waals surface area contributed by atoms with Crippen molar-refractivity contribution in [3.8, 4) is 0 Å². The highest BCUT2D eigenvalue weighted by Crippen LogP contribution is 2.26. The Kier molecular flexibility index (Phi) is 3.81. The van der Waals surface area contributed by atoms with Crippen molar-refractivity contribution < 1.29 is 9.59 Å². The van der Waals surface area contributed by atoms with Gasteiger partial charge in [0.15, 0.2) is 5.78 Å². The van der Waals surface area contributed by atoms with E-state index in [0.717, 1.165) is 15.6 Å². The Bertz CT molecular complexity index is 537. The zero-order valence-corrected chi connectivity index (χ0v) is 13.1. The Morgan fingerprint density at radius 3 is 2.68 bits per heavy atom. The number of aryl methyl sites for hydroxylation is 1. The van der Waals surface area contributed by atoms with E-state index in [-0.39, 0.29) is 11.7 Å². The van der Waals surface area contributed by atoms with E-state index in [2.05, 4.69) is 15.9 Å². The maximum Gasteiger partial charge on any atom is 0.227 e. The third-order valence-electron chi connectivity index (χ3n) is 3.87. The number of nitrogens with zero attached hydrogens (tertiary/aromatic N) is 1. The van der Waals surface area contributed by atoms with Gasteiger partial charge in [-0.3, -0.25) is 9.59 Å². The van der Waals surface area contributed by atoms with E-state index in [9.17, 15) is 9.59 Å². The van der Waals surface area contributed by atoms with Crippen LogP contribution in [0, 0.1) is 6.92 Å². The number of carbonyl (C=O) groups excluding carboxylic acids is 2. The van der Waals surface area contributed by atoms with Crippen LogP contribution in [0.5, 0.6) is 0 Å². The first kappa shape index (κ1) is 14.3. The fraction of sp³-hybridized carbons (Fsp3) is 0.467. The van der Waals surface area contributed by atoms with Crippen LogP contribution in [0.2, 0.25) is 0 Å². The normalized spacial score (nSPS) is 17.9. The van der Waals surface area contributed by atoms with Gasteiger partial charge in [-0.1, -0.05) is 22.0 Å². The molecule has 0 atom stereocenters. The topological polar surface area (TPSA) is 37.4 Å². The summed E-state index contributed by atoms with van der Waals surface area (Å²) in [6.45, 7) is 6.19. The summed E-state index contributed by atoms with van der Waals surface area (Å²) in [6.07, 6.45) is 0.818. The fourth-order valence-corrected chi connectivity index (χ4v) is 2.88. The summed E-state index contributed by atoms with van der Waals surface area (Å²) in [5.74, 6) is 0.170. The van der Waals surface area contributed by atoms with Gasteiger partial charge < -0.3 is 4.90 Å². The molecule has 2 rings (SSSR count). The second-order valence-electron chi connectivity index (χ2n) is 5.53. The van der Waals surface area contributed by atoms with Gasteiger partial charge in [0.1, 0.15) is 0 Å². The molecule has 4 heteroatoms. The van der Waals surface area contributed by atoms with Crippen molar-refractivity contribution in [1.82, 2.24) is 4.90 Å². The number of rotatable bonds is 2. The van der Waals surface area contributed by atoms with Gasteiger partial charge in [-0.05, 0) is 44.0 Å². The van der Waals surface area contributed by atoms with Gasteiger partial charge in [-0.25, -0.2) is 0 Å². The summed E-state index contributed by atoms with van der Waals surface area (Å²) >= 11 is 3.42. The van der Waals surface area contributed by atoms with Gasteiger partial charge in [-0.2, -0.15) is 0 Å². The van der Waals surface area contributed by atoms with E-state index in [1.807, 2.05) is 39.0 Å². The van der Waals surface area contributed by atoms with Crippen LogP contribution in [-0.4, -0.2) is 28.7 Å². The number of benzene rings is 1. The number of ketones is 1. The van der Waals surface area contributed by atoms with E-state index in [1.54, 1.807) is 4.90 Å². The number of hydrogen-bond donors (Lipinski definition) is 0. The number of halogens is 1. The minimum Gasteiger partial charge on any atom is -0.330 e. The zero-order valence-electron chi connectivity index (χ0n) is 11.5. The van der Waals surface area contributed by atoms with Crippen LogP contribution >= 0.6 is 15.9 Å². The Morgan fingerprint density at radius 1 is 1.42 bits per heavy atom. The fourth-order valence-electron chi connectivity index (χ4n) is 2.47. The van der Waals surface area contributed by atoms with E-state index in [1.165, 1.54) is 0 Å². The number of hydrogen-bond acceptors (Lipinski definition) is 2. The average Bonchev–Trinajstić information content (AvgIpc) is 2.59. The van der Waals surface area contributed by atoms with Crippen LogP contribution < -0.4 is 0 Å². The van der Waals surface area contributed by atoms with Gasteiger partial charge in [-0.15, -0.1) is 0 Å². The number of Topliss-reactive ketones (excluding diaryl/α,β-unsaturated/α-hetero) is 1. The summed E-state index contributed by atoms with van der Waals surface area (Å²) in [5, 5.41) is 0. The van der Waals surface area contributed by atoms with Crippen molar-refractivity contribution in [3.05, 3.63) is 33.8 Å². The van der Waals surface area contributed by atoms with Crippen LogP contribution in [0.15, 0.2) is 22.7 Å². The maximum absolute atomic E-state index is 12.4. The summed E-state index contributed by atoms with van der Waals surface area (Å²) in [4.78, 5) is 25.9. The molecular formula is C15H18BrNO2. The molecule has 3 nitrogen and oxygen atoms in total. The van der Waals surface area contributed by atoms with Crippen LogP contribution in [0.25, 0.3) is 0 Å². The molecule has 0 radical (unpaired) electrons. The van der Waals surface area contributed by atoms with Crippen molar-refractivity contribution in [1.29, 1.82) is 0 Å². The van der Waals surface area contributed by atoms with Crippen molar-refractivity contribution in [2.45, 2.75) is 39.2 Å². The van der Waals surface area contributed by atoms with Crippen LogP contribution in [0.1, 0.15) is 31.4 Å². The summed E-state index contributed by atoms with van der Waals surface area (Å²) < 4.78 is 0.970. The average molecular weight is 324 g/mol. The summed E-state index contributed by atoms with van der Waals surface area (Å²) in [6, 6.07) is 5.93. The molecule has 1 aliphatic heterocycles. The Morgan fingerprint density at radius 2 is 2.11 bits per heavy atom. The number of carbonyl (C=O) groups is 2. The maximum atomic E-state index is 12.4. The molecule has 1 aromatic carbocycles. The Hall–Kier alpha value is -1.16. The molecule has 0 unspecified atom stereocenters. The molecule has 1 aromatic rings. The van der Waals surface area contributed by atoms with E-state index < -0.39 is 5.54 Å². The third kappa shape index (κ3) is 2.73. The summed E-state index contributed by atoms with van der Waals surface area (Å²) in [7, 11) is 0. The lowest BCUT2D eigenvalue weighted by atomic mass is 9.99. The lowest BCUT2D eigenvalue weighted by Crippen LogP contribution is -2.47. The SMILES string of the molecule is Cc1ccc(Br)cc1CC(=O)N1CCC(=O)C1(C)C. The first-order chi connectivity index (χ1) is 8.82. The Balaban J connectivity index is 2.18. The largest absolute Gasteiger partial charge is 0.330 e. The lowest BCUT2D eigenvalue weighted by Gasteiger charge is -2.30. The molecule has 1 saturated heterocycles. The smallest absolute Gasteiger partial charge is 0.227 e. The van der Waals surface area contributed by atoms with Crippen LogP contribution in [0.3, 0.4) is 0 Å². The molecule has 0 spiro atoms. The predicted molar refractivity (Wildman–Crippen MR) is 78.0 cm³/mol. The van der Waals surface area contributed by atoms with Crippen molar-refractivity contribution in [2.75, 3.05) is 6.54 Å². The van der Waals surface area contributed by atoms with Crippen molar-refractivity contribution in [2.24, 2.45) is 0 Å². The van der Waals surface area contributed by atoms with Crippen LogP contribution in [-0.2, 0) is 16.0 Å². The molecule has 1 heterocycles. The Labute approximate surface area is 122 Å². The number of amides is 1. The molecule has 0 saturated carbocycles. The molecule has 0 aromatic heterocycles. The highest BCUT2D eigenvalue weighted by molar-refractivity contribution is 9.10. The van der Waals surface area contributed by atoms with Gasteiger partial charge in [0.05, 0.1) is 12.0 Å². The molecule has 0 bridgehead atoms. The standard InChI is InChI=1S/C15H18BrNO2/c1-10-4-5-12(16)8-11(10)9-14(19)17-7-6-13(18)15(17,2)3/h4-5,8H,6-7,9H2,1-3H3. The van der Waals surface area contributed by atoms with Crippen molar-refractivity contribution >= 4 is 27.6 Å². The van der Waals surface area contributed by atoms with Crippen molar-refractivity contribution in [3.63, 3.8) is 0 Å². The predicted octanol–water partition coefficient (Wildman–Crippen LogP) is 2.88. The molecule has 1 fully saturated rings. The molecular weight excluding hydrogens is 306 g/mol. The molecule has 102 valence electrons. The highest BCUT2D eigenvalue weighted by Gasteiger charge is 2.42.